The third-order valence-corrected chi connectivity index (χ3v) is 7.79. The molecule has 0 spiro atoms. The Morgan fingerprint density at radius 2 is 1.47 bits per heavy atom. The van der Waals surface area contributed by atoms with E-state index >= 15 is 0 Å². The number of carboxylic acids is 1. The quantitative estimate of drug-likeness (QED) is 0.281. The minimum atomic E-state index is -3.90. The largest absolute Gasteiger partial charge is 0.478 e. The highest BCUT2D eigenvalue weighted by molar-refractivity contribution is 7.92. The molecule has 4 aromatic carbocycles. The highest BCUT2D eigenvalue weighted by Crippen LogP contribution is 2.24. The van der Waals surface area contributed by atoms with Crippen molar-refractivity contribution in [2.45, 2.75) is 11.8 Å². The van der Waals surface area contributed by atoms with Gasteiger partial charge < -0.3 is 5.11 Å². The Labute approximate surface area is 223 Å². The first-order valence-corrected chi connectivity index (χ1v) is 13.4. The number of nitrogens with zero attached hydrogens (tertiary/aromatic N) is 2. The number of hydrogen-bond donors (Lipinski definition) is 2. The lowest BCUT2D eigenvalue weighted by atomic mass is 10.2. The van der Waals surface area contributed by atoms with E-state index in [9.17, 15) is 23.1 Å². The molecule has 2 N–H and O–H groups in total. The van der Waals surface area contributed by atoms with Gasteiger partial charge in [0.25, 0.3) is 15.6 Å². The number of aryl methyl sites for hydroxylation is 1. The molecule has 38 heavy (non-hydrogen) atoms. The van der Waals surface area contributed by atoms with Gasteiger partial charge in [-0.1, -0.05) is 35.9 Å². The monoisotopic (exact) mass is 543 g/mol. The third kappa shape index (κ3) is 4.62. The van der Waals surface area contributed by atoms with Gasteiger partial charge in [-0.15, -0.1) is 0 Å². The molecule has 1 aromatic heterocycles. The van der Waals surface area contributed by atoms with Crippen molar-refractivity contribution in [3.63, 3.8) is 0 Å². The van der Waals surface area contributed by atoms with Crippen molar-refractivity contribution < 1.29 is 18.3 Å². The predicted octanol–water partition coefficient (Wildman–Crippen LogP) is 5.32. The summed E-state index contributed by atoms with van der Waals surface area (Å²) < 4.78 is 31.7. The van der Waals surface area contributed by atoms with Crippen LogP contribution in [0.3, 0.4) is 0 Å². The molecule has 0 atom stereocenters. The van der Waals surface area contributed by atoms with E-state index in [-0.39, 0.29) is 26.3 Å². The topological polar surface area (TPSA) is 110 Å². The molecule has 10 heteroatoms. The molecule has 0 aliphatic carbocycles. The fourth-order valence-electron chi connectivity index (χ4n) is 4.12. The van der Waals surface area contributed by atoms with Crippen LogP contribution in [0.1, 0.15) is 15.9 Å². The van der Waals surface area contributed by atoms with Gasteiger partial charge in [0.15, 0.2) is 4.77 Å². The van der Waals surface area contributed by atoms with Crippen molar-refractivity contribution in [1.82, 2.24) is 9.13 Å². The summed E-state index contributed by atoms with van der Waals surface area (Å²) in [6.45, 7) is 1.86. The molecule has 0 fully saturated rings. The number of anilines is 1. The van der Waals surface area contributed by atoms with E-state index in [1.807, 2.05) is 37.3 Å². The number of aromatic carboxylic acids is 1. The number of fused-ring (bicyclic) bond motifs is 1. The molecule has 0 aliphatic heterocycles. The van der Waals surface area contributed by atoms with Crippen LogP contribution in [0.2, 0.25) is 0 Å². The van der Waals surface area contributed by atoms with Crippen molar-refractivity contribution in [1.29, 1.82) is 0 Å². The molecule has 0 saturated carbocycles. The van der Waals surface area contributed by atoms with Gasteiger partial charge in [0.2, 0.25) is 0 Å². The molecule has 0 bridgehead atoms. The SMILES string of the molecule is Cc1ccc(S(=O)(=O)Nc2ccc3c(c2)c(=O)n(-c2ccc(C(=O)O)cc2)c(=S)n3-c2ccccc2)cc1. The minimum Gasteiger partial charge on any atom is -0.478 e. The Balaban J connectivity index is 1.73. The second kappa shape index (κ2) is 9.73. The fourth-order valence-corrected chi connectivity index (χ4v) is 5.56. The van der Waals surface area contributed by atoms with Crippen LogP contribution in [0.25, 0.3) is 22.3 Å². The molecule has 5 rings (SSSR count). The number of carboxylic acid groups (broad SMARTS) is 1. The summed E-state index contributed by atoms with van der Waals surface area (Å²) >= 11 is 5.75. The second-order valence-corrected chi connectivity index (χ2v) is 10.6. The Morgan fingerprint density at radius 1 is 0.842 bits per heavy atom. The van der Waals surface area contributed by atoms with Crippen molar-refractivity contribution in [2.24, 2.45) is 0 Å². The maximum absolute atomic E-state index is 13.8. The molecule has 8 nitrogen and oxygen atoms in total. The Bertz CT molecular complexity index is 1910. The molecule has 190 valence electrons. The van der Waals surface area contributed by atoms with Crippen LogP contribution in [0.5, 0.6) is 0 Å². The zero-order valence-corrected chi connectivity index (χ0v) is 21.7. The van der Waals surface area contributed by atoms with Gasteiger partial charge >= 0.3 is 5.97 Å². The number of hydrogen-bond acceptors (Lipinski definition) is 5. The van der Waals surface area contributed by atoms with Gasteiger partial charge in [0.05, 0.1) is 27.0 Å². The first kappa shape index (κ1) is 25.1. The summed E-state index contributed by atoms with van der Waals surface area (Å²) in [5.74, 6) is -1.09. The maximum Gasteiger partial charge on any atom is 0.335 e. The summed E-state index contributed by atoms with van der Waals surface area (Å²) in [6, 6.07) is 26.1. The zero-order valence-electron chi connectivity index (χ0n) is 20.0. The first-order valence-electron chi connectivity index (χ1n) is 11.5. The van der Waals surface area contributed by atoms with Gasteiger partial charge in [-0.3, -0.25) is 18.7 Å². The number of aromatic nitrogens is 2. The van der Waals surface area contributed by atoms with Crippen LogP contribution in [0, 0.1) is 11.7 Å². The summed E-state index contributed by atoms with van der Waals surface area (Å²) in [5, 5.41) is 9.48. The summed E-state index contributed by atoms with van der Waals surface area (Å²) in [4.78, 5) is 25.2. The van der Waals surface area contributed by atoms with Gasteiger partial charge in [0.1, 0.15) is 0 Å². The lowest BCUT2D eigenvalue weighted by Crippen LogP contribution is -2.24. The van der Waals surface area contributed by atoms with Crippen LogP contribution < -0.4 is 10.3 Å². The van der Waals surface area contributed by atoms with E-state index in [0.717, 1.165) is 5.56 Å². The number of carbonyl (C=O) groups is 1. The smallest absolute Gasteiger partial charge is 0.335 e. The third-order valence-electron chi connectivity index (χ3n) is 6.02. The number of benzene rings is 4. The average Bonchev–Trinajstić information content (AvgIpc) is 2.90. The number of sulfonamides is 1. The average molecular weight is 544 g/mol. The van der Waals surface area contributed by atoms with E-state index in [1.165, 1.54) is 47.0 Å². The lowest BCUT2D eigenvalue weighted by Gasteiger charge is -2.17. The molecule has 0 aliphatic rings. The summed E-state index contributed by atoms with van der Waals surface area (Å²) in [6.07, 6.45) is 0. The molecule has 0 amide bonds. The molecule has 1 heterocycles. The fraction of sp³-hybridized carbons (Fsp3) is 0.0357. The second-order valence-electron chi connectivity index (χ2n) is 8.60. The van der Waals surface area contributed by atoms with E-state index < -0.39 is 21.6 Å². The van der Waals surface area contributed by atoms with Crippen molar-refractivity contribution in [3.8, 4) is 11.4 Å². The highest BCUT2D eigenvalue weighted by Gasteiger charge is 2.18. The van der Waals surface area contributed by atoms with Crippen molar-refractivity contribution in [3.05, 3.63) is 123 Å². The predicted molar refractivity (Wildman–Crippen MR) is 149 cm³/mol. The summed E-state index contributed by atoms with van der Waals surface area (Å²) in [7, 11) is -3.90. The van der Waals surface area contributed by atoms with Gasteiger partial charge in [0, 0.05) is 11.4 Å². The van der Waals surface area contributed by atoms with Crippen molar-refractivity contribution in [2.75, 3.05) is 4.72 Å². The summed E-state index contributed by atoms with van der Waals surface area (Å²) in [5.41, 5.74) is 2.29. The molecule has 5 aromatic rings. The van der Waals surface area contributed by atoms with Gasteiger partial charge in [-0.05, 0) is 85.9 Å². The van der Waals surface area contributed by atoms with E-state index in [1.54, 1.807) is 28.8 Å². The standard InChI is InChI=1S/C28H21N3O5S2/c1-18-7-14-23(15-8-18)38(35,36)29-20-11-16-25-24(17-20)26(32)31(22-12-9-19(10-13-22)27(33)34)28(37)30(25)21-5-3-2-4-6-21/h2-17,29H,1H3,(H,33,34). The number of para-hydroxylation sites is 1. The Morgan fingerprint density at radius 3 is 2.11 bits per heavy atom. The highest BCUT2D eigenvalue weighted by atomic mass is 32.2. The zero-order chi connectivity index (χ0) is 27.0. The van der Waals surface area contributed by atoms with E-state index in [0.29, 0.717) is 16.9 Å². The van der Waals surface area contributed by atoms with Crippen LogP contribution in [-0.2, 0) is 10.0 Å². The van der Waals surface area contributed by atoms with Gasteiger partial charge in [-0.25, -0.2) is 13.2 Å². The van der Waals surface area contributed by atoms with Gasteiger partial charge in [-0.2, -0.15) is 0 Å². The van der Waals surface area contributed by atoms with Crippen LogP contribution in [-0.4, -0.2) is 28.6 Å². The van der Waals surface area contributed by atoms with Crippen LogP contribution in [0.4, 0.5) is 5.69 Å². The minimum absolute atomic E-state index is 0.0669. The molecule has 0 unspecified atom stereocenters. The maximum atomic E-state index is 13.8. The normalized spacial score (nSPS) is 11.4. The van der Waals surface area contributed by atoms with Crippen LogP contribution >= 0.6 is 12.2 Å². The molecule has 0 saturated heterocycles. The molecular weight excluding hydrogens is 522 g/mol. The van der Waals surface area contributed by atoms with E-state index in [2.05, 4.69) is 4.72 Å². The van der Waals surface area contributed by atoms with Crippen LogP contribution in [0.15, 0.2) is 107 Å². The Hall–Kier alpha value is -4.54. The number of nitrogens with one attached hydrogen (secondary N) is 1. The van der Waals surface area contributed by atoms with E-state index in [4.69, 9.17) is 12.2 Å². The number of rotatable bonds is 6. The first-order chi connectivity index (χ1) is 18.2. The molecular formula is C28H21N3O5S2. The van der Waals surface area contributed by atoms with Crippen molar-refractivity contribution >= 4 is 44.8 Å². The molecule has 0 radical (unpaired) electrons. The lowest BCUT2D eigenvalue weighted by molar-refractivity contribution is 0.0697. The Kier molecular flexibility index (Phi) is 6.43.